The van der Waals surface area contributed by atoms with Gasteiger partial charge in [0, 0.05) is 12.8 Å². The number of allylic oxidation sites excluding steroid dienone is 1. The summed E-state index contributed by atoms with van der Waals surface area (Å²) in [6.07, 6.45) is 8.98. The van der Waals surface area contributed by atoms with Crippen LogP contribution in [0.15, 0.2) is 11.5 Å². The molecule has 2 unspecified atom stereocenters. The predicted molar refractivity (Wildman–Crippen MR) is 111 cm³/mol. The van der Waals surface area contributed by atoms with E-state index in [9.17, 15) is 24.6 Å². The number of aliphatic carboxylic acids is 1. The van der Waals surface area contributed by atoms with Crippen LogP contribution in [0.5, 0.6) is 0 Å². The van der Waals surface area contributed by atoms with Crippen LogP contribution in [0.4, 0.5) is 0 Å². The van der Waals surface area contributed by atoms with Gasteiger partial charge < -0.3 is 26.0 Å². The highest BCUT2D eigenvalue weighted by Gasteiger charge is 2.28. The first-order valence-corrected chi connectivity index (χ1v) is 10.7. The molecule has 2 atom stereocenters. The first kappa shape index (κ1) is 26.9. The fourth-order valence-electron chi connectivity index (χ4n) is 2.84. The van der Waals surface area contributed by atoms with Crippen molar-refractivity contribution in [3.05, 3.63) is 11.5 Å². The van der Waals surface area contributed by atoms with E-state index < -0.39 is 29.9 Å². The van der Waals surface area contributed by atoms with Gasteiger partial charge in [-0.1, -0.05) is 65.2 Å². The largest absolute Gasteiger partial charge is 0.510 e. The van der Waals surface area contributed by atoms with Gasteiger partial charge >= 0.3 is 5.97 Å². The van der Waals surface area contributed by atoms with Crippen molar-refractivity contribution in [1.82, 2.24) is 10.6 Å². The van der Waals surface area contributed by atoms with Crippen molar-refractivity contribution in [3.63, 3.8) is 0 Å². The second-order valence-electron chi connectivity index (χ2n) is 7.33. The topological polar surface area (TPSA) is 136 Å². The van der Waals surface area contributed by atoms with Crippen LogP contribution in [0.1, 0.15) is 91.4 Å². The van der Waals surface area contributed by atoms with Crippen molar-refractivity contribution in [2.75, 3.05) is 0 Å². The van der Waals surface area contributed by atoms with Gasteiger partial charge in [-0.2, -0.15) is 0 Å². The second-order valence-corrected chi connectivity index (χ2v) is 7.33. The fraction of sp³-hybridized carbons (Fsp3) is 0.762. The molecule has 29 heavy (non-hydrogen) atoms. The SMILES string of the molecule is CCCCCCCCCCCC(=O)NC(C(=O)NC(C(=O)O)C(C)O)=C(O)CC. The molecule has 0 rings (SSSR count). The highest BCUT2D eigenvalue weighted by Crippen LogP contribution is 2.11. The predicted octanol–water partition coefficient (Wildman–Crippen LogP) is 3.15. The summed E-state index contributed by atoms with van der Waals surface area (Å²) in [7, 11) is 0. The molecular formula is C21H38N2O6. The summed E-state index contributed by atoms with van der Waals surface area (Å²) < 4.78 is 0. The van der Waals surface area contributed by atoms with Gasteiger partial charge in [0.05, 0.1) is 6.10 Å². The summed E-state index contributed by atoms with van der Waals surface area (Å²) in [6, 6.07) is -1.55. The van der Waals surface area contributed by atoms with E-state index in [0.717, 1.165) is 19.3 Å². The van der Waals surface area contributed by atoms with Crippen LogP contribution in [0.2, 0.25) is 0 Å². The van der Waals surface area contributed by atoms with Gasteiger partial charge in [0.25, 0.3) is 5.91 Å². The van der Waals surface area contributed by atoms with E-state index in [4.69, 9.17) is 5.11 Å². The van der Waals surface area contributed by atoms with E-state index in [1.807, 2.05) is 0 Å². The van der Waals surface area contributed by atoms with E-state index in [0.29, 0.717) is 6.42 Å². The third-order valence-corrected chi connectivity index (χ3v) is 4.66. The molecule has 0 aliphatic heterocycles. The number of nitrogens with one attached hydrogen (secondary N) is 2. The molecule has 0 spiro atoms. The van der Waals surface area contributed by atoms with E-state index in [1.165, 1.54) is 39.0 Å². The number of aliphatic hydroxyl groups excluding tert-OH is 2. The molecule has 0 heterocycles. The molecule has 2 amide bonds. The fourth-order valence-corrected chi connectivity index (χ4v) is 2.84. The zero-order chi connectivity index (χ0) is 22.2. The lowest BCUT2D eigenvalue weighted by molar-refractivity contribution is -0.144. The Balaban J connectivity index is 4.46. The molecule has 0 aliphatic carbocycles. The van der Waals surface area contributed by atoms with Gasteiger partial charge in [0.2, 0.25) is 5.91 Å². The Bertz CT molecular complexity index is 545. The maximum absolute atomic E-state index is 12.3. The van der Waals surface area contributed by atoms with Crippen LogP contribution in [0, 0.1) is 0 Å². The van der Waals surface area contributed by atoms with Crippen LogP contribution in [-0.2, 0) is 14.4 Å². The average Bonchev–Trinajstić information content (AvgIpc) is 2.67. The quantitative estimate of drug-likeness (QED) is 0.149. The van der Waals surface area contributed by atoms with Crippen molar-refractivity contribution in [3.8, 4) is 0 Å². The molecule has 0 fully saturated rings. The molecular weight excluding hydrogens is 376 g/mol. The number of rotatable bonds is 16. The summed E-state index contributed by atoms with van der Waals surface area (Å²) in [5, 5.41) is 33.0. The Kier molecular flexibility index (Phi) is 14.7. The molecule has 0 aromatic carbocycles. The molecule has 5 N–H and O–H groups in total. The Labute approximate surface area is 173 Å². The average molecular weight is 415 g/mol. The van der Waals surface area contributed by atoms with Crippen molar-refractivity contribution >= 4 is 17.8 Å². The second kappa shape index (κ2) is 15.8. The Morgan fingerprint density at radius 3 is 1.83 bits per heavy atom. The van der Waals surface area contributed by atoms with Gasteiger partial charge in [-0.05, 0) is 13.3 Å². The van der Waals surface area contributed by atoms with Gasteiger partial charge in [-0.3, -0.25) is 9.59 Å². The molecule has 0 aliphatic rings. The zero-order valence-electron chi connectivity index (χ0n) is 18.0. The summed E-state index contributed by atoms with van der Waals surface area (Å²) in [5.41, 5.74) is -0.375. The lowest BCUT2D eigenvalue weighted by atomic mass is 10.1. The summed E-state index contributed by atoms with van der Waals surface area (Å²) in [5.74, 6) is -3.12. The minimum atomic E-state index is -1.55. The van der Waals surface area contributed by atoms with Crippen molar-refractivity contribution in [1.29, 1.82) is 0 Å². The minimum Gasteiger partial charge on any atom is -0.510 e. The van der Waals surface area contributed by atoms with E-state index in [1.54, 1.807) is 6.92 Å². The van der Waals surface area contributed by atoms with Crippen molar-refractivity contribution in [2.24, 2.45) is 0 Å². The van der Waals surface area contributed by atoms with Crippen LogP contribution in [0.25, 0.3) is 0 Å². The summed E-state index contributed by atoms with van der Waals surface area (Å²) in [6.45, 7) is 5.01. The van der Waals surface area contributed by atoms with Crippen LogP contribution >= 0.6 is 0 Å². The maximum atomic E-state index is 12.3. The molecule has 0 aromatic rings. The number of unbranched alkanes of at least 4 members (excludes halogenated alkanes) is 8. The number of hydrogen-bond donors (Lipinski definition) is 5. The third-order valence-electron chi connectivity index (χ3n) is 4.66. The zero-order valence-corrected chi connectivity index (χ0v) is 18.0. The number of aliphatic hydroxyl groups is 2. The van der Waals surface area contributed by atoms with E-state index in [2.05, 4.69) is 17.6 Å². The molecule has 0 saturated heterocycles. The number of carboxylic acid groups (broad SMARTS) is 1. The number of carboxylic acids is 1. The molecule has 0 aromatic heterocycles. The third kappa shape index (κ3) is 12.2. The molecule has 8 nitrogen and oxygen atoms in total. The number of hydrogen-bond acceptors (Lipinski definition) is 5. The van der Waals surface area contributed by atoms with E-state index in [-0.39, 0.29) is 24.3 Å². The molecule has 0 bridgehead atoms. The first-order chi connectivity index (χ1) is 13.7. The normalized spacial score (nSPS) is 13.9. The number of carbonyl (C=O) groups excluding carboxylic acids is 2. The number of carbonyl (C=O) groups is 3. The van der Waals surface area contributed by atoms with E-state index >= 15 is 0 Å². The molecule has 0 radical (unpaired) electrons. The van der Waals surface area contributed by atoms with Gasteiger partial charge in [-0.15, -0.1) is 0 Å². The van der Waals surface area contributed by atoms with Crippen LogP contribution < -0.4 is 10.6 Å². The Morgan fingerprint density at radius 1 is 0.862 bits per heavy atom. The smallest absolute Gasteiger partial charge is 0.328 e. The van der Waals surface area contributed by atoms with Gasteiger partial charge in [-0.25, -0.2) is 4.79 Å². The lowest BCUT2D eigenvalue weighted by Gasteiger charge is -2.19. The molecule has 8 heteroatoms. The maximum Gasteiger partial charge on any atom is 0.328 e. The Morgan fingerprint density at radius 2 is 1.38 bits per heavy atom. The molecule has 0 saturated carbocycles. The van der Waals surface area contributed by atoms with Crippen molar-refractivity contribution < 1.29 is 29.7 Å². The van der Waals surface area contributed by atoms with Crippen LogP contribution in [-0.4, -0.2) is 45.2 Å². The summed E-state index contributed by atoms with van der Waals surface area (Å²) >= 11 is 0. The highest BCUT2D eigenvalue weighted by atomic mass is 16.4. The Hall–Kier alpha value is -2.09. The standard InChI is InChI=1S/C21H38N2O6/c1-4-6-7-8-9-10-11-12-13-14-17(26)22-19(16(25)5-2)20(27)23-18(15(3)24)21(28)29/h15,18,24-25H,4-14H2,1-3H3,(H,22,26)(H,23,27)(H,28,29). The van der Waals surface area contributed by atoms with Crippen molar-refractivity contribution in [2.45, 2.75) is 104 Å². The minimum absolute atomic E-state index is 0.0908. The summed E-state index contributed by atoms with van der Waals surface area (Å²) in [4.78, 5) is 35.6. The first-order valence-electron chi connectivity index (χ1n) is 10.7. The van der Waals surface area contributed by atoms with Gasteiger partial charge in [0.15, 0.2) is 6.04 Å². The molecule has 168 valence electrons. The van der Waals surface area contributed by atoms with Gasteiger partial charge in [0.1, 0.15) is 11.5 Å². The highest BCUT2D eigenvalue weighted by molar-refractivity contribution is 5.99. The van der Waals surface area contributed by atoms with Crippen LogP contribution in [0.3, 0.4) is 0 Å². The monoisotopic (exact) mass is 414 g/mol. The lowest BCUT2D eigenvalue weighted by Crippen LogP contribution is -2.50. The number of amides is 2.